The lowest BCUT2D eigenvalue weighted by atomic mass is 9.71. The summed E-state index contributed by atoms with van der Waals surface area (Å²) in [6.07, 6.45) is 5.37. The molecule has 4 rings (SSSR count). The Morgan fingerprint density at radius 1 is 1.21 bits per heavy atom. The van der Waals surface area contributed by atoms with E-state index in [0.29, 0.717) is 12.0 Å². The van der Waals surface area contributed by atoms with Gasteiger partial charge < -0.3 is 14.2 Å². The average Bonchev–Trinajstić information content (AvgIpc) is 3.03. The van der Waals surface area contributed by atoms with Crippen LogP contribution >= 0.6 is 0 Å². The van der Waals surface area contributed by atoms with E-state index in [0.717, 1.165) is 25.2 Å². The van der Waals surface area contributed by atoms with Crippen LogP contribution in [0.25, 0.3) is 0 Å². The van der Waals surface area contributed by atoms with E-state index in [1.807, 2.05) is 12.1 Å². The molecular weight excluding hydrogens is 240 g/mol. The highest BCUT2D eigenvalue weighted by Gasteiger charge is 2.57. The predicted molar refractivity (Wildman–Crippen MR) is 71.2 cm³/mol. The van der Waals surface area contributed by atoms with Crippen LogP contribution in [0.3, 0.4) is 0 Å². The van der Waals surface area contributed by atoms with Crippen LogP contribution in [0.2, 0.25) is 0 Å². The van der Waals surface area contributed by atoms with Gasteiger partial charge in [-0.15, -0.1) is 0 Å². The van der Waals surface area contributed by atoms with Crippen molar-refractivity contribution in [2.24, 2.45) is 5.92 Å². The summed E-state index contributed by atoms with van der Waals surface area (Å²) in [4.78, 5) is 0. The molecule has 4 atom stereocenters. The number of benzene rings is 1. The van der Waals surface area contributed by atoms with Crippen LogP contribution < -0.4 is 4.74 Å². The molecule has 1 aromatic carbocycles. The minimum atomic E-state index is 0.119. The van der Waals surface area contributed by atoms with Crippen LogP contribution in [0.4, 0.5) is 0 Å². The highest BCUT2D eigenvalue weighted by atomic mass is 16.5. The lowest BCUT2D eigenvalue weighted by Gasteiger charge is -2.42. The first-order chi connectivity index (χ1) is 9.31. The van der Waals surface area contributed by atoms with Crippen molar-refractivity contribution in [2.75, 3.05) is 13.7 Å². The quantitative estimate of drug-likeness (QED) is 0.818. The molecule has 1 aromatic rings. The Labute approximate surface area is 113 Å². The molecule has 102 valence electrons. The zero-order valence-electron chi connectivity index (χ0n) is 11.3. The van der Waals surface area contributed by atoms with Crippen molar-refractivity contribution < 1.29 is 14.2 Å². The van der Waals surface area contributed by atoms with Gasteiger partial charge in [-0.05, 0) is 37.0 Å². The Kier molecular flexibility index (Phi) is 2.61. The highest BCUT2D eigenvalue weighted by Crippen LogP contribution is 2.57. The topological polar surface area (TPSA) is 27.7 Å². The normalized spacial score (nSPS) is 40.2. The molecular formula is C16H20O3. The molecule has 0 aliphatic carbocycles. The fourth-order valence-corrected chi connectivity index (χ4v) is 4.16. The highest BCUT2D eigenvalue weighted by molar-refractivity contribution is 5.30. The van der Waals surface area contributed by atoms with Crippen LogP contribution in [0.15, 0.2) is 24.3 Å². The third-order valence-electron chi connectivity index (χ3n) is 5.12. The lowest BCUT2D eigenvalue weighted by molar-refractivity contribution is -0.129. The van der Waals surface area contributed by atoms with Crippen molar-refractivity contribution in [3.63, 3.8) is 0 Å². The van der Waals surface area contributed by atoms with E-state index in [1.54, 1.807) is 7.11 Å². The molecule has 3 aliphatic heterocycles. The first kappa shape index (κ1) is 11.7. The summed E-state index contributed by atoms with van der Waals surface area (Å²) >= 11 is 0. The minimum Gasteiger partial charge on any atom is -0.497 e. The van der Waals surface area contributed by atoms with E-state index >= 15 is 0 Å². The monoisotopic (exact) mass is 260 g/mol. The molecule has 3 heteroatoms. The molecule has 1 spiro atoms. The van der Waals surface area contributed by atoms with Crippen LogP contribution in [-0.4, -0.2) is 25.4 Å². The maximum atomic E-state index is 6.26. The molecule has 3 nitrogen and oxygen atoms in total. The molecule has 0 amide bonds. The zero-order chi connectivity index (χ0) is 12.9. The first-order valence-electron chi connectivity index (χ1n) is 7.24. The molecule has 0 radical (unpaired) electrons. The van der Waals surface area contributed by atoms with Crippen LogP contribution in [-0.2, 0) is 9.47 Å². The van der Waals surface area contributed by atoms with E-state index in [9.17, 15) is 0 Å². The lowest BCUT2D eigenvalue weighted by Crippen LogP contribution is -2.43. The first-order valence-corrected chi connectivity index (χ1v) is 7.24. The minimum absolute atomic E-state index is 0.119. The largest absolute Gasteiger partial charge is 0.497 e. The molecule has 0 aromatic heterocycles. The molecule has 3 fully saturated rings. The summed E-state index contributed by atoms with van der Waals surface area (Å²) in [5.41, 5.74) is 1.38. The Hall–Kier alpha value is -1.06. The third kappa shape index (κ3) is 1.72. The van der Waals surface area contributed by atoms with Crippen LogP contribution in [0.1, 0.15) is 37.4 Å². The van der Waals surface area contributed by atoms with Crippen molar-refractivity contribution >= 4 is 0 Å². The van der Waals surface area contributed by atoms with Crippen LogP contribution in [0.5, 0.6) is 5.75 Å². The Morgan fingerprint density at radius 3 is 2.79 bits per heavy atom. The van der Waals surface area contributed by atoms with Crippen molar-refractivity contribution in [3.05, 3.63) is 29.8 Å². The molecule has 3 heterocycles. The fourth-order valence-electron chi connectivity index (χ4n) is 4.16. The van der Waals surface area contributed by atoms with Crippen molar-refractivity contribution in [2.45, 2.75) is 43.5 Å². The number of hydrogen-bond acceptors (Lipinski definition) is 3. The molecule has 3 saturated heterocycles. The van der Waals surface area contributed by atoms with E-state index in [4.69, 9.17) is 14.2 Å². The second-order valence-electron chi connectivity index (χ2n) is 6.00. The van der Waals surface area contributed by atoms with Crippen molar-refractivity contribution in [1.29, 1.82) is 0 Å². The molecule has 19 heavy (non-hydrogen) atoms. The van der Waals surface area contributed by atoms with E-state index in [2.05, 4.69) is 12.1 Å². The van der Waals surface area contributed by atoms with E-state index in [1.165, 1.54) is 18.4 Å². The Bertz CT molecular complexity index is 469. The van der Waals surface area contributed by atoms with Crippen LogP contribution in [0, 0.1) is 5.92 Å². The number of hydrogen-bond donors (Lipinski definition) is 0. The van der Waals surface area contributed by atoms with Crippen molar-refractivity contribution in [1.82, 2.24) is 0 Å². The SMILES string of the molecule is COc1ccc([C@H]2OCC[C@@]34CC[C@@H](C[C@H]23)O4)cc1. The maximum Gasteiger partial charge on any atom is 0.118 e. The van der Waals surface area contributed by atoms with Gasteiger partial charge in [-0.25, -0.2) is 0 Å². The third-order valence-corrected chi connectivity index (χ3v) is 5.12. The fraction of sp³-hybridized carbons (Fsp3) is 0.625. The van der Waals surface area contributed by atoms with E-state index in [-0.39, 0.29) is 11.7 Å². The molecule has 0 unspecified atom stereocenters. The average molecular weight is 260 g/mol. The van der Waals surface area contributed by atoms with Gasteiger partial charge in [-0.2, -0.15) is 0 Å². The number of ether oxygens (including phenoxy) is 3. The van der Waals surface area contributed by atoms with Gasteiger partial charge in [-0.3, -0.25) is 0 Å². The maximum absolute atomic E-state index is 6.26. The van der Waals surface area contributed by atoms with E-state index < -0.39 is 0 Å². The van der Waals surface area contributed by atoms with Gasteiger partial charge in [0, 0.05) is 12.3 Å². The zero-order valence-corrected chi connectivity index (χ0v) is 11.3. The Balaban J connectivity index is 1.63. The van der Waals surface area contributed by atoms with Gasteiger partial charge in [0.2, 0.25) is 0 Å². The van der Waals surface area contributed by atoms with Gasteiger partial charge in [0.1, 0.15) is 5.75 Å². The second-order valence-corrected chi connectivity index (χ2v) is 6.00. The summed E-state index contributed by atoms with van der Waals surface area (Å²) in [6, 6.07) is 8.31. The number of methoxy groups -OCH3 is 1. The van der Waals surface area contributed by atoms with Crippen molar-refractivity contribution in [3.8, 4) is 5.75 Å². The summed E-state index contributed by atoms with van der Waals surface area (Å²) < 4.78 is 17.6. The number of rotatable bonds is 2. The molecule has 0 saturated carbocycles. The van der Waals surface area contributed by atoms with Gasteiger partial charge in [0.25, 0.3) is 0 Å². The second kappa shape index (κ2) is 4.22. The van der Waals surface area contributed by atoms with Gasteiger partial charge in [0.15, 0.2) is 0 Å². The number of fused-ring (bicyclic) bond motifs is 1. The predicted octanol–water partition coefficient (Wildman–Crippen LogP) is 3.09. The summed E-state index contributed by atoms with van der Waals surface area (Å²) in [5, 5.41) is 0. The summed E-state index contributed by atoms with van der Waals surface area (Å²) in [5.74, 6) is 1.44. The van der Waals surface area contributed by atoms with Gasteiger partial charge in [-0.1, -0.05) is 12.1 Å². The molecule has 3 aliphatic rings. The molecule has 2 bridgehead atoms. The van der Waals surface area contributed by atoms with Gasteiger partial charge in [0.05, 0.1) is 31.5 Å². The molecule has 0 N–H and O–H groups in total. The summed E-state index contributed by atoms with van der Waals surface area (Å²) in [7, 11) is 1.70. The standard InChI is InChI=1S/C16H20O3/c1-17-12-4-2-11(3-5-12)15-14-10-13-6-7-16(14,19-13)8-9-18-15/h2-5,13-15H,6-10H2,1H3/t13-,14+,15+,16-/m0/s1. The van der Waals surface area contributed by atoms with Gasteiger partial charge >= 0.3 is 0 Å². The smallest absolute Gasteiger partial charge is 0.118 e. The Morgan fingerprint density at radius 2 is 2.05 bits per heavy atom. The summed E-state index contributed by atoms with van der Waals surface area (Å²) in [6.45, 7) is 0.819.